The monoisotopic (exact) mass is 586 g/mol. The van der Waals surface area contributed by atoms with Gasteiger partial charge in [-0.05, 0) is 69.4 Å². The van der Waals surface area contributed by atoms with Crippen molar-refractivity contribution in [1.29, 1.82) is 0 Å². The van der Waals surface area contributed by atoms with Crippen molar-refractivity contribution in [3.63, 3.8) is 0 Å². The molecule has 168 valence electrons. The standard InChI is InChI=1S/C19H19F3IN2O4PS/c1-28-15-7-13(21)16(22)18(25(30)14-3-2-10(23)6-12(14)20)17(15)24-31(26,27)19(4-5-19)8-11-9-29-11/h2-3,6-7,11,24H,4-5,8-9,30H2,1H3/t11-/m0/s1. The summed E-state index contributed by atoms with van der Waals surface area (Å²) < 4.78 is 83.5. The zero-order valence-electron chi connectivity index (χ0n) is 16.3. The lowest BCUT2D eigenvalue weighted by Crippen LogP contribution is -2.32. The topological polar surface area (TPSA) is 71.2 Å². The van der Waals surface area contributed by atoms with Crippen LogP contribution in [0.25, 0.3) is 0 Å². The van der Waals surface area contributed by atoms with Crippen LogP contribution in [0.5, 0.6) is 5.75 Å². The van der Waals surface area contributed by atoms with E-state index in [0.717, 1.165) is 10.7 Å². The van der Waals surface area contributed by atoms with Crippen LogP contribution in [-0.2, 0) is 14.8 Å². The smallest absolute Gasteiger partial charge is 0.238 e. The maximum absolute atomic E-state index is 15.0. The molecule has 2 aliphatic rings. The number of hydrogen-bond acceptors (Lipinski definition) is 5. The minimum absolute atomic E-state index is 0.0927. The molecule has 1 heterocycles. The molecule has 31 heavy (non-hydrogen) atoms. The molecule has 12 heteroatoms. The normalized spacial score (nSPS) is 19.1. The summed E-state index contributed by atoms with van der Waals surface area (Å²) in [4.78, 5) is 0. The highest BCUT2D eigenvalue weighted by Crippen LogP contribution is 2.52. The maximum Gasteiger partial charge on any atom is 0.238 e. The summed E-state index contributed by atoms with van der Waals surface area (Å²) in [5, 5.41) is 0. The fraction of sp³-hybridized carbons (Fsp3) is 0.368. The second kappa shape index (κ2) is 8.24. The Balaban J connectivity index is 1.81. The fourth-order valence-corrected chi connectivity index (χ4v) is 6.07. The first kappa shape index (κ1) is 22.9. The Kier molecular flexibility index (Phi) is 6.08. The lowest BCUT2D eigenvalue weighted by molar-refractivity contribution is 0.389. The second-order valence-electron chi connectivity index (χ2n) is 7.51. The number of nitrogens with one attached hydrogen (secondary N) is 1. The molecule has 4 rings (SSSR count). The number of anilines is 3. The quantitative estimate of drug-likeness (QED) is 0.276. The summed E-state index contributed by atoms with van der Waals surface area (Å²) in [5.41, 5.74) is -0.911. The van der Waals surface area contributed by atoms with Crippen molar-refractivity contribution < 1.29 is 31.1 Å². The first-order valence-electron chi connectivity index (χ1n) is 9.28. The van der Waals surface area contributed by atoms with Crippen molar-refractivity contribution >= 4 is 59.1 Å². The van der Waals surface area contributed by atoms with Gasteiger partial charge in [0.2, 0.25) is 10.0 Å². The zero-order valence-corrected chi connectivity index (χ0v) is 20.4. The highest BCUT2D eigenvalue weighted by molar-refractivity contribution is 14.1. The van der Waals surface area contributed by atoms with E-state index in [-0.39, 0.29) is 23.2 Å². The van der Waals surface area contributed by atoms with Crippen LogP contribution in [0.4, 0.5) is 30.2 Å². The SMILES string of the molecule is COc1cc(F)c(F)c(N(P)c2ccc(I)cc2F)c1NS(=O)(=O)C1(C[C@H]2CO2)CC1. The molecule has 1 aliphatic heterocycles. The average Bonchev–Trinajstić information content (AvgIpc) is 3.62. The second-order valence-corrected chi connectivity index (χ2v) is 11.4. The third-order valence-corrected chi connectivity index (χ3v) is 8.80. The fourth-order valence-electron chi connectivity index (χ4n) is 3.44. The first-order chi connectivity index (χ1) is 14.6. The molecule has 1 saturated carbocycles. The highest BCUT2D eigenvalue weighted by atomic mass is 127. The van der Waals surface area contributed by atoms with Crippen LogP contribution >= 0.6 is 32.0 Å². The van der Waals surface area contributed by atoms with Crippen LogP contribution in [0.15, 0.2) is 24.3 Å². The molecule has 0 amide bonds. The Morgan fingerprint density at radius 2 is 1.97 bits per heavy atom. The lowest BCUT2D eigenvalue weighted by Gasteiger charge is -2.26. The summed E-state index contributed by atoms with van der Waals surface area (Å²) in [6.45, 7) is 0.502. The third kappa shape index (κ3) is 4.34. The molecule has 0 radical (unpaired) electrons. The maximum atomic E-state index is 15.0. The van der Waals surface area contributed by atoms with E-state index in [0.29, 0.717) is 29.4 Å². The largest absolute Gasteiger partial charge is 0.494 e. The first-order valence-corrected chi connectivity index (χ1v) is 12.4. The van der Waals surface area contributed by atoms with Crippen LogP contribution in [0.1, 0.15) is 19.3 Å². The summed E-state index contributed by atoms with van der Waals surface area (Å²) in [6.07, 6.45) is 1.06. The molecule has 0 spiro atoms. The van der Waals surface area contributed by atoms with Gasteiger partial charge in [-0.25, -0.2) is 21.6 Å². The predicted molar refractivity (Wildman–Crippen MR) is 123 cm³/mol. The number of sulfonamides is 1. The molecule has 0 bridgehead atoms. The van der Waals surface area contributed by atoms with E-state index in [2.05, 4.69) is 14.1 Å². The van der Waals surface area contributed by atoms with Crippen molar-refractivity contribution in [3.05, 3.63) is 45.3 Å². The number of epoxide rings is 1. The van der Waals surface area contributed by atoms with Gasteiger partial charge in [-0.3, -0.25) is 4.72 Å². The van der Waals surface area contributed by atoms with Gasteiger partial charge in [0.15, 0.2) is 11.6 Å². The van der Waals surface area contributed by atoms with Gasteiger partial charge in [0.1, 0.15) is 22.9 Å². The number of hydrogen-bond donors (Lipinski definition) is 1. The van der Waals surface area contributed by atoms with Crippen molar-refractivity contribution in [3.8, 4) is 5.75 Å². The molecule has 6 nitrogen and oxygen atoms in total. The molecular formula is C19H19F3IN2O4PS. The third-order valence-electron chi connectivity index (χ3n) is 5.40. The number of halogens is 4. The Bertz CT molecular complexity index is 1140. The minimum atomic E-state index is -4.00. The van der Waals surface area contributed by atoms with Gasteiger partial charge < -0.3 is 14.1 Å². The van der Waals surface area contributed by atoms with E-state index in [1.165, 1.54) is 19.2 Å². The van der Waals surface area contributed by atoms with Crippen molar-refractivity contribution in [1.82, 2.24) is 0 Å². The van der Waals surface area contributed by atoms with Crippen LogP contribution in [0.2, 0.25) is 0 Å². The van der Waals surface area contributed by atoms with E-state index < -0.39 is 37.9 Å². The number of methoxy groups -OCH3 is 1. The highest BCUT2D eigenvalue weighted by Gasteiger charge is 2.57. The van der Waals surface area contributed by atoms with Crippen molar-refractivity contribution in [2.45, 2.75) is 30.1 Å². The summed E-state index contributed by atoms with van der Waals surface area (Å²) >= 11 is 1.92. The van der Waals surface area contributed by atoms with E-state index >= 15 is 0 Å². The molecule has 2 atom stereocenters. The van der Waals surface area contributed by atoms with Gasteiger partial charge in [0.25, 0.3) is 0 Å². The predicted octanol–water partition coefficient (Wildman–Crippen LogP) is 4.71. The lowest BCUT2D eigenvalue weighted by atomic mass is 10.2. The summed E-state index contributed by atoms with van der Waals surface area (Å²) in [5.74, 6) is -3.53. The van der Waals surface area contributed by atoms with E-state index in [1.54, 1.807) is 6.07 Å². The molecule has 2 fully saturated rings. The summed E-state index contributed by atoms with van der Waals surface area (Å²) in [6, 6.07) is 4.94. The van der Waals surface area contributed by atoms with Crippen LogP contribution < -0.4 is 14.1 Å². The summed E-state index contributed by atoms with van der Waals surface area (Å²) in [7, 11) is -0.699. The molecule has 1 N–H and O–H groups in total. The Morgan fingerprint density at radius 3 is 2.52 bits per heavy atom. The van der Waals surface area contributed by atoms with Crippen LogP contribution in [0, 0.1) is 21.0 Å². The molecular weight excluding hydrogens is 567 g/mol. The van der Waals surface area contributed by atoms with Gasteiger partial charge in [0, 0.05) is 9.64 Å². The molecule has 2 aromatic carbocycles. The van der Waals surface area contributed by atoms with Gasteiger partial charge in [-0.15, -0.1) is 0 Å². The average molecular weight is 586 g/mol. The van der Waals surface area contributed by atoms with Gasteiger partial charge in [-0.2, -0.15) is 0 Å². The van der Waals surface area contributed by atoms with Crippen molar-refractivity contribution in [2.24, 2.45) is 0 Å². The number of rotatable bonds is 8. The van der Waals surface area contributed by atoms with Crippen LogP contribution in [0.3, 0.4) is 0 Å². The molecule has 1 saturated heterocycles. The minimum Gasteiger partial charge on any atom is -0.494 e. The molecule has 0 aromatic heterocycles. The van der Waals surface area contributed by atoms with Crippen LogP contribution in [-0.4, -0.2) is 33.0 Å². The van der Waals surface area contributed by atoms with Gasteiger partial charge in [0.05, 0.1) is 30.3 Å². The van der Waals surface area contributed by atoms with Gasteiger partial charge >= 0.3 is 0 Å². The number of benzene rings is 2. The molecule has 1 unspecified atom stereocenters. The molecule has 2 aromatic rings. The number of ether oxygens (including phenoxy) is 2. The van der Waals surface area contributed by atoms with Gasteiger partial charge in [-0.1, -0.05) is 0 Å². The van der Waals surface area contributed by atoms with E-state index in [1.807, 2.05) is 22.6 Å². The van der Waals surface area contributed by atoms with E-state index in [9.17, 15) is 21.6 Å². The Labute approximate surface area is 193 Å². The van der Waals surface area contributed by atoms with E-state index in [4.69, 9.17) is 9.47 Å². The van der Waals surface area contributed by atoms with Crippen molar-refractivity contribution in [2.75, 3.05) is 23.1 Å². The Hall–Kier alpha value is -1.30. The number of nitrogens with zero attached hydrogens (tertiary/aromatic N) is 1. The molecule has 1 aliphatic carbocycles. The zero-order chi connectivity index (χ0) is 22.6. The Morgan fingerprint density at radius 1 is 1.29 bits per heavy atom.